The Hall–Kier alpha value is 0.810. The van der Waals surface area contributed by atoms with Crippen LogP contribution in [0, 0.1) is 23.7 Å². The van der Waals surface area contributed by atoms with Gasteiger partial charge in [-0.2, -0.15) is 0 Å². The molecule has 5 nitrogen and oxygen atoms in total. The molecular weight excluding hydrogens is 498 g/mol. The number of hydrogen-bond acceptors (Lipinski definition) is 5. The minimum atomic E-state index is -1.13. The number of ether oxygens (including phenoxy) is 1. The molecule has 0 amide bonds. The van der Waals surface area contributed by atoms with E-state index in [9.17, 15) is 9.90 Å². The molecule has 2 heterocycles. The fraction of sp³-hybridized carbons (Fsp3) is 0.929. The number of esters is 1. The number of alkyl halides is 2. The number of aliphatic hydroxyl groups is 1. The summed E-state index contributed by atoms with van der Waals surface area (Å²) < 4.78 is 12.4. The second-order valence-electron chi connectivity index (χ2n) is 7.36. The second kappa shape index (κ2) is 4.25. The van der Waals surface area contributed by atoms with Gasteiger partial charge in [0.1, 0.15) is 0 Å². The van der Waals surface area contributed by atoms with Crippen LogP contribution in [0.15, 0.2) is 0 Å². The molecule has 3 aliphatic carbocycles. The summed E-state index contributed by atoms with van der Waals surface area (Å²) >= 11 is 1.13. The van der Waals surface area contributed by atoms with Gasteiger partial charge in [0, 0.05) is 0 Å². The molecule has 3 N–H and O–H groups in total. The Bertz CT molecular complexity index is 522. The maximum atomic E-state index is 12.7. The first-order chi connectivity index (χ1) is 9.94. The average Bonchev–Trinajstić information content (AvgIpc) is 3.12. The van der Waals surface area contributed by atoms with Crippen LogP contribution >= 0.6 is 43.0 Å². The fourth-order valence-electron chi connectivity index (χ4n) is 5.14. The molecule has 0 aromatic rings. The van der Waals surface area contributed by atoms with Gasteiger partial charge in [-0.25, -0.2) is 0 Å². The first-order valence-corrected chi connectivity index (χ1v) is 12.1. The molecular formula is C14H20I2N2O3. The van der Waals surface area contributed by atoms with Gasteiger partial charge < -0.3 is 0 Å². The van der Waals surface area contributed by atoms with Crippen molar-refractivity contribution in [3.63, 3.8) is 0 Å². The fourth-order valence-corrected chi connectivity index (χ4v) is 12.9. The third kappa shape index (κ3) is 1.75. The third-order valence-electron chi connectivity index (χ3n) is 6.37. The number of nitrogens with one attached hydrogen (secondary N) is 2. The van der Waals surface area contributed by atoms with Crippen molar-refractivity contribution in [3.8, 4) is 0 Å². The van der Waals surface area contributed by atoms with E-state index in [2.05, 4.69) is 29.7 Å². The van der Waals surface area contributed by atoms with Gasteiger partial charge in [-0.3, -0.25) is 0 Å². The first kappa shape index (κ1) is 14.2. The number of fused-ring (bicyclic) bond motifs is 6. The molecule has 2 aliphatic heterocycles. The Balaban J connectivity index is 1.31. The Morgan fingerprint density at radius 2 is 2.10 bits per heavy atom. The van der Waals surface area contributed by atoms with E-state index in [0.29, 0.717) is 23.7 Å². The summed E-state index contributed by atoms with van der Waals surface area (Å²) in [5.41, 5.74) is 0. The molecule has 118 valence electrons. The molecule has 5 fully saturated rings. The van der Waals surface area contributed by atoms with Gasteiger partial charge in [-0.1, -0.05) is 0 Å². The maximum absolute atomic E-state index is 12.7. The Morgan fingerprint density at radius 1 is 1.38 bits per heavy atom. The van der Waals surface area contributed by atoms with Crippen LogP contribution in [0.1, 0.15) is 32.6 Å². The molecule has 0 radical (unpaired) electrons. The summed E-state index contributed by atoms with van der Waals surface area (Å²) in [7, 11) is 0. The van der Waals surface area contributed by atoms with Crippen molar-refractivity contribution in [2.75, 3.05) is 0 Å². The molecule has 2 bridgehead atoms. The van der Waals surface area contributed by atoms with Crippen LogP contribution < -0.4 is 7.06 Å². The van der Waals surface area contributed by atoms with Crippen molar-refractivity contribution < 1.29 is 14.6 Å². The molecule has 7 atom stereocenters. The summed E-state index contributed by atoms with van der Waals surface area (Å²) in [6, 6.07) is 0. The van der Waals surface area contributed by atoms with Crippen LogP contribution in [-0.4, -0.2) is 30.4 Å². The summed E-state index contributed by atoms with van der Waals surface area (Å²) in [5.74, 6) is 2.11. The SMILES string of the molecule is CC(I)(C(=O)OC1CCC2C3CC(CC3O)C12)C12NI1N2. The van der Waals surface area contributed by atoms with Crippen LogP contribution in [0.3, 0.4) is 0 Å². The Labute approximate surface area is 145 Å². The standard InChI is InChI=1S/C14H20I2N2O3/c1-13(15,14-16(17-14)18-14)12(20)21-10-3-2-7-8-4-6(11(7)10)5-9(8)19/h6-11,17-19H,2-5H2,1H3. The zero-order valence-corrected chi connectivity index (χ0v) is 16.1. The molecule has 7 unspecified atom stereocenters. The molecule has 5 rings (SSSR count). The number of rotatable bonds is 3. The van der Waals surface area contributed by atoms with Crippen LogP contribution in [-0.2, 0) is 9.53 Å². The van der Waals surface area contributed by atoms with E-state index in [-0.39, 0.29) is 21.8 Å². The number of halogens is 2. The zero-order valence-electron chi connectivity index (χ0n) is 11.8. The normalized spacial score (nSPS) is 52.0. The van der Waals surface area contributed by atoms with Gasteiger partial charge in [0.15, 0.2) is 0 Å². The van der Waals surface area contributed by atoms with Gasteiger partial charge in [0.25, 0.3) is 0 Å². The van der Waals surface area contributed by atoms with Crippen molar-refractivity contribution >= 4 is 48.9 Å². The number of carbonyl (C=O) groups is 1. The minimum absolute atomic E-state index is 0.0442. The molecule has 2 saturated heterocycles. The van der Waals surface area contributed by atoms with E-state index in [1.54, 1.807) is 0 Å². The van der Waals surface area contributed by atoms with Crippen LogP contribution in [0.4, 0.5) is 0 Å². The van der Waals surface area contributed by atoms with Crippen LogP contribution in [0.25, 0.3) is 0 Å². The van der Waals surface area contributed by atoms with Crippen LogP contribution in [0.5, 0.6) is 0 Å². The Kier molecular flexibility index (Phi) is 2.87. The van der Waals surface area contributed by atoms with Crippen molar-refractivity contribution in [3.05, 3.63) is 0 Å². The molecule has 21 heavy (non-hydrogen) atoms. The zero-order chi connectivity index (χ0) is 14.6. The predicted octanol–water partition coefficient (Wildman–Crippen LogP) is 1.72. The topological polar surface area (TPSA) is 90.4 Å². The predicted molar refractivity (Wildman–Crippen MR) is 93.8 cm³/mol. The van der Waals surface area contributed by atoms with Crippen molar-refractivity contribution in [1.29, 1.82) is 0 Å². The average molecular weight is 518 g/mol. The van der Waals surface area contributed by atoms with E-state index < -0.39 is 23.8 Å². The van der Waals surface area contributed by atoms with Gasteiger partial charge in [0.05, 0.1) is 0 Å². The van der Waals surface area contributed by atoms with E-state index in [1.807, 2.05) is 6.92 Å². The van der Waals surface area contributed by atoms with Gasteiger partial charge in [-0.15, -0.1) is 0 Å². The van der Waals surface area contributed by atoms with Gasteiger partial charge in [-0.05, 0) is 0 Å². The molecule has 3 saturated carbocycles. The molecule has 0 aromatic carbocycles. The van der Waals surface area contributed by atoms with E-state index in [1.165, 1.54) is 0 Å². The quantitative estimate of drug-likeness (QED) is 0.132. The molecule has 5 aliphatic rings. The van der Waals surface area contributed by atoms with E-state index >= 15 is 0 Å². The van der Waals surface area contributed by atoms with Gasteiger partial charge >= 0.3 is 146 Å². The van der Waals surface area contributed by atoms with Crippen molar-refractivity contribution in [1.82, 2.24) is 7.06 Å². The summed E-state index contributed by atoms with van der Waals surface area (Å²) in [6.45, 7) is 2.00. The van der Waals surface area contributed by atoms with Crippen molar-refractivity contribution in [2.24, 2.45) is 23.7 Å². The Morgan fingerprint density at radius 3 is 2.76 bits per heavy atom. The van der Waals surface area contributed by atoms with Crippen molar-refractivity contribution in [2.45, 2.75) is 51.9 Å². The second-order valence-corrected chi connectivity index (χ2v) is 13.8. The van der Waals surface area contributed by atoms with E-state index in [0.717, 1.165) is 25.7 Å². The molecule has 7 heteroatoms. The monoisotopic (exact) mass is 518 g/mol. The van der Waals surface area contributed by atoms with E-state index in [4.69, 9.17) is 4.74 Å². The van der Waals surface area contributed by atoms with Gasteiger partial charge in [0.2, 0.25) is 0 Å². The summed E-state index contributed by atoms with van der Waals surface area (Å²) in [4.78, 5) is 12.7. The summed E-state index contributed by atoms with van der Waals surface area (Å²) in [6.07, 6.45) is 4.18. The number of carbonyl (C=O) groups excluding carboxylic acids is 1. The summed E-state index contributed by atoms with van der Waals surface area (Å²) in [5, 5.41) is 10.1. The third-order valence-corrected chi connectivity index (χ3v) is 13.5. The number of hydrogen-bond donors (Lipinski definition) is 3. The molecule has 0 spiro atoms. The first-order valence-electron chi connectivity index (χ1n) is 7.77. The van der Waals surface area contributed by atoms with Crippen LogP contribution in [0.2, 0.25) is 0 Å². The molecule has 0 aromatic heterocycles. The number of aliphatic hydroxyl groups excluding tert-OH is 1.